The molecule has 0 amide bonds. The van der Waals surface area contributed by atoms with Crippen molar-refractivity contribution in [3.05, 3.63) is 24.2 Å². The van der Waals surface area contributed by atoms with Gasteiger partial charge in [0.05, 0.1) is 18.9 Å². The smallest absolute Gasteiger partial charge is 0.123 e. The summed E-state index contributed by atoms with van der Waals surface area (Å²) in [4.78, 5) is 0. The first-order valence-electron chi connectivity index (χ1n) is 6.53. The molecule has 3 nitrogen and oxygen atoms in total. The van der Waals surface area contributed by atoms with E-state index in [1.807, 2.05) is 12.1 Å². The van der Waals surface area contributed by atoms with Gasteiger partial charge in [-0.05, 0) is 31.4 Å². The second-order valence-corrected chi connectivity index (χ2v) is 5.14. The molecule has 0 saturated heterocycles. The summed E-state index contributed by atoms with van der Waals surface area (Å²) in [6.45, 7) is 6.73. The van der Waals surface area contributed by atoms with Gasteiger partial charge in [-0.15, -0.1) is 0 Å². The van der Waals surface area contributed by atoms with Gasteiger partial charge in [0.15, 0.2) is 0 Å². The minimum absolute atomic E-state index is 0.0715. The molecule has 0 fully saturated rings. The molecule has 2 atom stereocenters. The van der Waals surface area contributed by atoms with Crippen molar-refractivity contribution in [3.63, 3.8) is 0 Å². The molecule has 0 spiro atoms. The zero-order chi connectivity index (χ0) is 12.7. The van der Waals surface area contributed by atoms with Crippen molar-refractivity contribution in [3.8, 4) is 0 Å². The molecule has 0 aliphatic heterocycles. The fourth-order valence-electron chi connectivity index (χ4n) is 1.97. The second-order valence-electron chi connectivity index (χ2n) is 5.14. The van der Waals surface area contributed by atoms with Gasteiger partial charge in [0.2, 0.25) is 0 Å². The Balaban J connectivity index is 2.30. The largest absolute Gasteiger partial charge is 0.468 e. The van der Waals surface area contributed by atoms with E-state index in [0.29, 0.717) is 6.04 Å². The predicted octanol–water partition coefficient (Wildman–Crippen LogP) is 3.12. The summed E-state index contributed by atoms with van der Waals surface area (Å²) in [5, 5.41) is 12.7. The number of nitrogens with one attached hydrogen (secondary N) is 1. The van der Waals surface area contributed by atoms with E-state index >= 15 is 0 Å². The maximum atomic E-state index is 9.34. The number of aliphatic hydroxyl groups is 1. The second kappa shape index (κ2) is 7.51. The lowest BCUT2D eigenvalue weighted by molar-refractivity contribution is 0.214. The van der Waals surface area contributed by atoms with Crippen LogP contribution in [0.3, 0.4) is 0 Å². The first-order chi connectivity index (χ1) is 8.13. The molecule has 0 aliphatic carbocycles. The Morgan fingerprint density at radius 1 is 1.29 bits per heavy atom. The highest BCUT2D eigenvalue weighted by Crippen LogP contribution is 2.15. The normalized spacial score (nSPS) is 15.1. The molecule has 17 heavy (non-hydrogen) atoms. The predicted molar refractivity (Wildman–Crippen MR) is 69.8 cm³/mol. The summed E-state index contributed by atoms with van der Waals surface area (Å²) in [7, 11) is 0. The maximum absolute atomic E-state index is 9.34. The van der Waals surface area contributed by atoms with Crippen molar-refractivity contribution in [1.82, 2.24) is 5.32 Å². The quantitative estimate of drug-likeness (QED) is 0.732. The zero-order valence-electron chi connectivity index (χ0n) is 11.1. The van der Waals surface area contributed by atoms with Crippen LogP contribution >= 0.6 is 0 Å². The average molecular weight is 239 g/mol. The standard InChI is InChI=1S/C14H25NO2/c1-11(2)6-4-7-12(3)15-13(10-16)14-8-5-9-17-14/h5,8-9,11-13,15-16H,4,6-7,10H2,1-3H3. The van der Waals surface area contributed by atoms with Crippen molar-refractivity contribution in [2.75, 3.05) is 6.61 Å². The van der Waals surface area contributed by atoms with E-state index in [0.717, 1.165) is 18.1 Å². The molecule has 1 rings (SSSR count). The molecule has 98 valence electrons. The van der Waals surface area contributed by atoms with Gasteiger partial charge in [0.1, 0.15) is 5.76 Å². The van der Waals surface area contributed by atoms with E-state index < -0.39 is 0 Å². The number of hydrogen-bond donors (Lipinski definition) is 2. The van der Waals surface area contributed by atoms with E-state index in [1.165, 1.54) is 12.8 Å². The lowest BCUT2D eigenvalue weighted by Crippen LogP contribution is -2.32. The lowest BCUT2D eigenvalue weighted by atomic mass is 10.0. The third kappa shape index (κ3) is 5.37. The average Bonchev–Trinajstić information content (AvgIpc) is 2.78. The first-order valence-corrected chi connectivity index (χ1v) is 6.53. The summed E-state index contributed by atoms with van der Waals surface area (Å²) >= 11 is 0. The monoisotopic (exact) mass is 239 g/mol. The molecule has 2 unspecified atom stereocenters. The van der Waals surface area contributed by atoms with Gasteiger partial charge in [0.25, 0.3) is 0 Å². The molecule has 0 bridgehead atoms. The van der Waals surface area contributed by atoms with Crippen LogP contribution in [-0.4, -0.2) is 17.8 Å². The summed E-state index contributed by atoms with van der Waals surface area (Å²) < 4.78 is 5.31. The van der Waals surface area contributed by atoms with Gasteiger partial charge in [-0.1, -0.05) is 26.7 Å². The van der Waals surface area contributed by atoms with Crippen LogP contribution in [0.15, 0.2) is 22.8 Å². The SMILES string of the molecule is CC(C)CCCC(C)NC(CO)c1ccco1. The molecular weight excluding hydrogens is 214 g/mol. The molecule has 0 saturated carbocycles. The van der Waals surface area contributed by atoms with Gasteiger partial charge in [-0.2, -0.15) is 0 Å². The molecule has 2 N–H and O–H groups in total. The molecule has 1 aromatic heterocycles. The first kappa shape index (κ1) is 14.3. The molecule has 1 aromatic rings. The van der Waals surface area contributed by atoms with Gasteiger partial charge in [0, 0.05) is 6.04 Å². The molecule has 0 radical (unpaired) electrons. The summed E-state index contributed by atoms with van der Waals surface area (Å²) in [5.74, 6) is 1.57. The van der Waals surface area contributed by atoms with Crippen molar-refractivity contribution < 1.29 is 9.52 Å². The van der Waals surface area contributed by atoms with E-state index in [2.05, 4.69) is 26.1 Å². The lowest BCUT2D eigenvalue weighted by Gasteiger charge is -2.20. The highest BCUT2D eigenvalue weighted by molar-refractivity contribution is 5.04. The van der Waals surface area contributed by atoms with E-state index in [4.69, 9.17) is 4.42 Å². The van der Waals surface area contributed by atoms with E-state index in [9.17, 15) is 5.11 Å². The van der Waals surface area contributed by atoms with Gasteiger partial charge < -0.3 is 14.8 Å². The maximum Gasteiger partial charge on any atom is 0.123 e. The van der Waals surface area contributed by atoms with Crippen molar-refractivity contribution in [2.24, 2.45) is 5.92 Å². The fraction of sp³-hybridized carbons (Fsp3) is 0.714. The van der Waals surface area contributed by atoms with Crippen LogP contribution in [0.5, 0.6) is 0 Å². The number of hydrogen-bond acceptors (Lipinski definition) is 3. The van der Waals surface area contributed by atoms with Gasteiger partial charge in [-0.25, -0.2) is 0 Å². The molecule has 0 aromatic carbocycles. The number of furan rings is 1. The van der Waals surface area contributed by atoms with Crippen LogP contribution < -0.4 is 5.32 Å². The Morgan fingerprint density at radius 3 is 2.59 bits per heavy atom. The van der Waals surface area contributed by atoms with Crippen molar-refractivity contribution in [2.45, 2.75) is 52.1 Å². The fourth-order valence-corrected chi connectivity index (χ4v) is 1.97. The third-order valence-electron chi connectivity index (χ3n) is 2.97. The molecule has 0 aliphatic rings. The molecule has 3 heteroatoms. The Hall–Kier alpha value is -0.800. The summed E-state index contributed by atoms with van der Waals surface area (Å²) in [6, 6.07) is 4.06. The minimum Gasteiger partial charge on any atom is -0.468 e. The third-order valence-corrected chi connectivity index (χ3v) is 2.97. The highest BCUT2D eigenvalue weighted by atomic mass is 16.3. The Bertz CT molecular complexity index is 282. The highest BCUT2D eigenvalue weighted by Gasteiger charge is 2.15. The van der Waals surface area contributed by atoms with Gasteiger partial charge >= 0.3 is 0 Å². The van der Waals surface area contributed by atoms with Crippen LogP contribution in [-0.2, 0) is 0 Å². The molecular formula is C14H25NO2. The number of rotatable bonds is 8. The van der Waals surface area contributed by atoms with Crippen LogP contribution in [0.1, 0.15) is 51.8 Å². The number of aliphatic hydroxyl groups excluding tert-OH is 1. The summed E-state index contributed by atoms with van der Waals surface area (Å²) in [6.07, 6.45) is 5.26. The Kier molecular flexibility index (Phi) is 6.30. The Labute approximate surface area is 104 Å². The zero-order valence-corrected chi connectivity index (χ0v) is 11.1. The van der Waals surface area contributed by atoms with Crippen molar-refractivity contribution in [1.29, 1.82) is 0 Å². The van der Waals surface area contributed by atoms with Crippen LogP contribution in [0.25, 0.3) is 0 Å². The van der Waals surface area contributed by atoms with Gasteiger partial charge in [-0.3, -0.25) is 0 Å². The van der Waals surface area contributed by atoms with Crippen LogP contribution in [0.2, 0.25) is 0 Å². The Morgan fingerprint density at radius 2 is 2.06 bits per heavy atom. The summed E-state index contributed by atoms with van der Waals surface area (Å²) in [5.41, 5.74) is 0. The topological polar surface area (TPSA) is 45.4 Å². The van der Waals surface area contributed by atoms with E-state index in [1.54, 1.807) is 6.26 Å². The van der Waals surface area contributed by atoms with E-state index in [-0.39, 0.29) is 12.6 Å². The van der Waals surface area contributed by atoms with Crippen LogP contribution in [0, 0.1) is 5.92 Å². The van der Waals surface area contributed by atoms with Crippen molar-refractivity contribution >= 4 is 0 Å². The molecule has 1 heterocycles. The van der Waals surface area contributed by atoms with Crippen LogP contribution in [0.4, 0.5) is 0 Å². The minimum atomic E-state index is -0.0842.